The molecule has 2 saturated heterocycles. The number of hydrogen-bond acceptors (Lipinski definition) is 5. The molecule has 2 fully saturated rings. The number of aryl methyl sites for hydroxylation is 2. The van der Waals surface area contributed by atoms with Gasteiger partial charge in [0.1, 0.15) is 4.90 Å². The molecule has 0 saturated carbocycles. The van der Waals surface area contributed by atoms with Crippen molar-refractivity contribution in [3.05, 3.63) is 58.9 Å². The van der Waals surface area contributed by atoms with E-state index in [0.717, 1.165) is 15.4 Å². The molecule has 2 aliphatic heterocycles. The van der Waals surface area contributed by atoms with Crippen LogP contribution in [0, 0.1) is 31.3 Å². The molecule has 2 heterocycles. The molecule has 176 valence electrons. The van der Waals surface area contributed by atoms with Crippen LogP contribution in [-0.2, 0) is 19.6 Å². The molecule has 2 aromatic rings. The summed E-state index contributed by atoms with van der Waals surface area (Å²) in [6.45, 7) is 3.78. The van der Waals surface area contributed by atoms with E-state index >= 15 is 0 Å². The smallest absolute Gasteiger partial charge is 0.251 e. The summed E-state index contributed by atoms with van der Waals surface area (Å²) in [5.41, 5.74) is 2.32. The third-order valence-electron chi connectivity index (χ3n) is 6.05. The number of imide groups is 1. The summed E-state index contributed by atoms with van der Waals surface area (Å²) in [6.07, 6.45) is -0.0311. The van der Waals surface area contributed by atoms with Crippen LogP contribution in [0.15, 0.2) is 35.2 Å². The first kappa shape index (κ1) is 23.4. The summed E-state index contributed by atoms with van der Waals surface area (Å²) in [7, 11) is -4.40. The van der Waals surface area contributed by atoms with Gasteiger partial charge in [0.25, 0.3) is 5.91 Å². The van der Waals surface area contributed by atoms with Crippen LogP contribution in [0.3, 0.4) is 0 Å². The van der Waals surface area contributed by atoms with Gasteiger partial charge in [-0.3, -0.25) is 14.5 Å². The normalized spacial score (nSPS) is 20.6. The topological polar surface area (TPSA) is 78.0 Å². The number of sulfonamides is 1. The average Bonchev–Trinajstić information content (AvgIpc) is 3.06. The Kier molecular flexibility index (Phi) is 6.06. The van der Waals surface area contributed by atoms with E-state index in [1.165, 1.54) is 4.90 Å². The fraction of sp³-hybridized carbons (Fsp3) is 0.364. The Bertz CT molecular complexity index is 1240. The minimum atomic E-state index is -4.40. The highest BCUT2D eigenvalue weighted by molar-refractivity contribution is 7.89. The maximum atomic E-state index is 14.1. The lowest BCUT2D eigenvalue weighted by atomic mass is 10.1. The van der Waals surface area contributed by atoms with Crippen LogP contribution in [0.2, 0.25) is 0 Å². The number of piperazine rings is 1. The molecule has 33 heavy (non-hydrogen) atoms. The van der Waals surface area contributed by atoms with Crippen LogP contribution in [-0.4, -0.2) is 61.7 Å². The second-order valence-electron chi connectivity index (χ2n) is 8.19. The summed E-state index contributed by atoms with van der Waals surface area (Å²) >= 11 is 0. The Morgan fingerprint density at radius 3 is 2.21 bits per heavy atom. The number of nitrogens with zero attached hydrogens (tertiary/aromatic N) is 3. The van der Waals surface area contributed by atoms with Crippen molar-refractivity contribution in [3.63, 3.8) is 0 Å². The largest absolute Gasteiger partial charge is 0.289 e. The number of carbonyl (C=O) groups excluding carboxylic acids is 2. The first-order valence-corrected chi connectivity index (χ1v) is 11.8. The second-order valence-corrected chi connectivity index (χ2v) is 10.1. The zero-order chi connectivity index (χ0) is 24.1. The molecule has 2 aliphatic rings. The Labute approximate surface area is 189 Å². The van der Waals surface area contributed by atoms with Gasteiger partial charge in [-0.25, -0.2) is 26.5 Å². The zero-order valence-corrected chi connectivity index (χ0v) is 18.8. The second kappa shape index (κ2) is 8.54. The standard InChI is InChI=1S/C22H22F3N3O4S/c1-13-3-5-16(14(2)11-13)28-19(29)12-17(22(28)30)26-7-9-27(10-8-26)33(31,32)18-6-4-15(23)20(24)21(18)25/h3-6,11,17H,7-10,12H2,1-2H3/t17-/m0/s1. The number of rotatable bonds is 4. The van der Waals surface area contributed by atoms with E-state index < -0.39 is 38.4 Å². The minimum Gasteiger partial charge on any atom is -0.289 e. The molecule has 7 nitrogen and oxygen atoms in total. The molecule has 11 heteroatoms. The number of anilines is 1. The fourth-order valence-electron chi connectivity index (χ4n) is 4.31. The van der Waals surface area contributed by atoms with Crippen molar-refractivity contribution in [2.45, 2.75) is 31.2 Å². The van der Waals surface area contributed by atoms with Crippen molar-refractivity contribution in [3.8, 4) is 0 Å². The lowest BCUT2D eigenvalue weighted by Gasteiger charge is -2.36. The van der Waals surface area contributed by atoms with Crippen molar-refractivity contribution in [2.24, 2.45) is 0 Å². The van der Waals surface area contributed by atoms with Gasteiger partial charge in [-0.15, -0.1) is 0 Å². The fourth-order valence-corrected chi connectivity index (χ4v) is 5.79. The quantitative estimate of drug-likeness (QED) is 0.495. The van der Waals surface area contributed by atoms with E-state index in [2.05, 4.69) is 0 Å². The summed E-state index contributed by atoms with van der Waals surface area (Å²) in [6, 6.07) is 5.94. The van der Waals surface area contributed by atoms with E-state index in [1.807, 2.05) is 26.0 Å². The molecule has 0 N–H and O–H groups in total. The van der Waals surface area contributed by atoms with E-state index in [-0.39, 0.29) is 44.4 Å². The predicted octanol–water partition coefficient (Wildman–Crippen LogP) is 2.36. The number of hydrogen-bond donors (Lipinski definition) is 0. The van der Waals surface area contributed by atoms with Gasteiger partial charge in [-0.2, -0.15) is 4.31 Å². The molecule has 0 bridgehead atoms. The van der Waals surface area contributed by atoms with Gasteiger partial charge in [0.15, 0.2) is 17.5 Å². The van der Waals surface area contributed by atoms with Crippen molar-refractivity contribution in [2.75, 3.05) is 31.1 Å². The third-order valence-corrected chi connectivity index (χ3v) is 7.96. The van der Waals surface area contributed by atoms with E-state index in [4.69, 9.17) is 0 Å². The van der Waals surface area contributed by atoms with Crippen LogP contribution >= 0.6 is 0 Å². The van der Waals surface area contributed by atoms with Crippen LogP contribution in [0.4, 0.5) is 18.9 Å². The van der Waals surface area contributed by atoms with Crippen LogP contribution in [0.5, 0.6) is 0 Å². The molecule has 0 aliphatic carbocycles. The van der Waals surface area contributed by atoms with Gasteiger partial charge in [0.2, 0.25) is 15.9 Å². The molecule has 0 unspecified atom stereocenters. The van der Waals surface area contributed by atoms with Crippen LogP contribution in [0.25, 0.3) is 0 Å². The monoisotopic (exact) mass is 481 g/mol. The van der Waals surface area contributed by atoms with Crippen molar-refractivity contribution < 1.29 is 31.2 Å². The molecule has 0 radical (unpaired) electrons. The molecule has 4 rings (SSSR count). The first-order valence-electron chi connectivity index (χ1n) is 10.3. The van der Waals surface area contributed by atoms with E-state index in [0.29, 0.717) is 17.8 Å². The highest BCUT2D eigenvalue weighted by Crippen LogP contribution is 2.30. The van der Waals surface area contributed by atoms with Gasteiger partial charge in [-0.1, -0.05) is 17.7 Å². The van der Waals surface area contributed by atoms with Gasteiger partial charge >= 0.3 is 0 Å². The maximum Gasteiger partial charge on any atom is 0.251 e. The molecular formula is C22H22F3N3O4S. The van der Waals surface area contributed by atoms with Crippen molar-refractivity contribution in [1.29, 1.82) is 0 Å². The Hall–Kier alpha value is -2.76. The molecule has 1 atom stereocenters. The van der Waals surface area contributed by atoms with Gasteiger partial charge < -0.3 is 0 Å². The highest BCUT2D eigenvalue weighted by Gasteiger charge is 2.44. The number of amides is 2. The van der Waals surface area contributed by atoms with Gasteiger partial charge in [0.05, 0.1) is 18.2 Å². The van der Waals surface area contributed by atoms with Gasteiger partial charge in [0, 0.05) is 26.2 Å². The summed E-state index contributed by atoms with van der Waals surface area (Å²) in [5, 5.41) is 0. The zero-order valence-electron chi connectivity index (χ0n) is 18.0. The maximum absolute atomic E-state index is 14.1. The van der Waals surface area contributed by atoms with Crippen LogP contribution in [0.1, 0.15) is 17.5 Å². The van der Waals surface area contributed by atoms with Crippen LogP contribution < -0.4 is 4.90 Å². The summed E-state index contributed by atoms with van der Waals surface area (Å²) < 4.78 is 67.3. The average molecular weight is 481 g/mol. The Balaban J connectivity index is 1.49. The Morgan fingerprint density at radius 2 is 1.58 bits per heavy atom. The lowest BCUT2D eigenvalue weighted by molar-refractivity contribution is -0.123. The third kappa shape index (κ3) is 4.04. The summed E-state index contributed by atoms with van der Waals surface area (Å²) in [5.74, 6) is -5.81. The number of carbonyl (C=O) groups is 2. The number of halogens is 3. The lowest BCUT2D eigenvalue weighted by Crippen LogP contribution is -2.53. The predicted molar refractivity (Wildman–Crippen MR) is 113 cm³/mol. The number of benzene rings is 2. The molecule has 2 amide bonds. The highest BCUT2D eigenvalue weighted by atomic mass is 32.2. The first-order chi connectivity index (χ1) is 15.5. The molecular weight excluding hydrogens is 459 g/mol. The molecule has 0 aromatic heterocycles. The SMILES string of the molecule is Cc1ccc(N2C(=O)C[C@H](N3CCN(S(=O)(=O)c4ccc(F)c(F)c4F)CC3)C2=O)c(C)c1. The van der Waals surface area contributed by atoms with Gasteiger partial charge in [-0.05, 0) is 37.6 Å². The summed E-state index contributed by atoms with van der Waals surface area (Å²) in [4.78, 5) is 27.7. The van der Waals surface area contributed by atoms with Crippen molar-refractivity contribution >= 4 is 27.5 Å². The van der Waals surface area contributed by atoms with E-state index in [1.54, 1.807) is 11.0 Å². The Morgan fingerprint density at radius 1 is 0.909 bits per heavy atom. The molecule has 0 spiro atoms. The van der Waals surface area contributed by atoms with E-state index in [9.17, 15) is 31.2 Å². The minimum absolute atomic E-state index is 0.0311. The van der Waals surface area contributed by atoms with Crippen molar-refractivity contribution in [1.82, 2.24) is 9.21 Å². The molecule has 2 aromatic carbocycles.